The number of carbonyl (C=O) groups is 2. The van der Waals surface area contributed by atoms with Gasteiger partial charge in [-0.1, -0.05) is 13.8 Å². The normalized spacial score (nSPS) is 12.6. The maximum atomic E-state index is 12.3. The Balaban J connectivity index is 2.35. The summed E-state index contributed by atoms with van der Waals surface area (Å²) in [4.78, 5) is 27.6. The van der Waals surface area contributed by atoms with Gasteiger partial charge in [-0.05, 0) is 19.8 Å². The Hall–Kier alpha value is -2.44. The van der Waals surface area contributed by atoms with Gasteiger partial charge in [0, 0.05) is 12.3 Å². The molecule has 0 saturated heterocycles. The molecule has 7 heteroatoms. The Bertz CT molecular complexity index is 706. The lowest BCUT2D eigenvalue weighted by Gasteiger charge is -2.18. The van der Waals surface area contributed by atoms with Gasteiger partial charge in [-0.3, -0.25) is 4.79 Å². The number of carbonyl (C=O) groups excluding carboxylic acids is 1. The number of aromatic nitrogens is 3. The van der Waals surface area contributed by atoms with Gasteiger partial charge < -0.3 is 10.4 Å². The highest BCUT2D eigenvalue weighted by atomic mass is 16.4. The molecule has 21 heavy (non-hydrogen) atoms. The lowest BCUT2D eigenvalue weighted by Crippen LogP contribution is -2.44. The van der Waals surface area contributed by atoms with Crippen LogP contribution >= 0.6 is 0 Å². The van der Waals surface area contributed by atoms with E-state index in [1.807, 2.05) is 13.0 Å². The minimum Gasteiger partial charge on any atom is -0.480 e. The van der Waals surface area contributed by atoms with Crippen LogP contribution in [0.15, 0.2) is 12.3 Å². The molecule has 112 valence electrons. The maximum absolute atomic E-state index is 12.3. The van der Waals surface area contributed by atoms with Gasteiger partial charge in [-0.15, -0.1) is 0 Å². The number of nitrogens with zero attached hydrogens (tertiary/aromatic N) is 3. The summed E-state index contributed by atoms with van der Waals surface area (Å²) in [6.45, 7) is 7.07. The van der Waals surface area contributed by atoms with Gasteiger partial charge in [0.1, 0.15) is 6.04 Å². The van der Waals surface area contributed by atoms with Gasteiger partial charge >= 0.3 is 5.97 Å². The number of hydrogen-bond donors (Lipinski definition) is 2. The van der Waals surface area contributed by atoms with Crippen molar-refractivity contribution in [1.29, 1.82) is 0 Å². The zero-order valence-corrected chi connectivity index (χ0v) is 12.4. The predicted molar refractivity (Wildman–Crippen MR) is 76.2 cm³/mol. The van der Waals surface area contributed by atoms with Crippen molar-refractivity contribution in [2.24, 2.45) is 5.92 Å². The third-order valence-corrected chi connectivity index (χ3v) is 3.31. The van der Waals surface area contributed by atoms with Crippen LogP contribution in [0.5, 0.6) is 0 Å². The first-order chi connectivity index (χ1) is 9.81. The van der Waals surface area contributed by atoms with Crippen LogP contribution in [0.1, 0.15) is 35.6 Å². The highest BCUT2D eigenvalue weighted by Gasteiger charge is 2.25. The summed E-state index contributed by atoms with van der Waals surface area (Å²) in [5.41, 5.74) is 2.39. The van der Waals surface area contributed by atoms with Gasteiger partial charge in [0.2, 0.25) is 0 Å². The number of rotatable bonds is 4. The number of carboxylic acid groups (broad SMARTS) is 1. The summed E-state index contributed by atoms with van der Waals surface area (Å²) in [6.07, 6.45) is 1.44. The van der Waals surface area contributed by atoms with E-state index in [0.29, 0.717) is 16.9 Å². The fourth-order valence-electron chi connectivity index (χ4n) is 2.12. The standard InChI is InChI=1S/C14H18N4O3/c1-7(2)12(14(20)21)16-13(19)10-6-15-11-5-8(3)17-18(11)9(10)4/h5-7,12H,1-4H3,(H,16,19)(H,20,21)/t12-/m1/s1. The molecule has 2 heterocycles. The Kier molecular flexibility index (Phi) is 3.93. The molecule has 0 aliphatic heterocycles. The Morgan fingerprint density at radius 1 is 1.33 bits per heavy atom. The number of fused-ring (bicyclic) bond motifs is 1. The van der Waals surface area contributed by atoms with Crippen LogP contribution < -0.4 is 5.32 Å². The Morgan fingerprint density at radius 2 is 2.00 bits per heavy atom. The molecule has 0 fully saturated rings. The first-order valence-electron chi connectivity index (χ1n) is 6.67. The first kappa shape index (κ1) is 15.0. The average molecular weight is 290 g/mol. The predicted octanol–water partition coefficient (Wildman–Crippen LogP) is 1.19. The van der Waals surface area contributed by atoms with Crippen molar-refractivity contribution in [2.75, 3.05) is 0 Å². The van der Waals surface area contributed by atoms with Crippen molar-refractivity contribution >= 4 is 17.5 Å². The number of amides is 1. The van der Waals surface area contributed by atoms with Crippen LogP contribution in [-0.2, 0) is 4.79 Å². The topological polar surface area (TPSA) is 96.6 Å². The lowest BCUT2D eigenvalue weighted by molar-refractivity contribution is -0.140. The molecule has 2 rings (SSSR count). The van der Waals surface area contributed by atoms with Crippen LogP contribution in [0.25, 0.3) is 5.65 Å². The van der Waals surface area contributed by atoms with Crippen molar-refractivity contribution < 1.29 is 14.7 Å². The molecule has 0 unspecified atom stereocenters. The van der Waals surface area contributed by atoms with E-state index in [1.165, 1.54) is 6.20 Å². The number of aryl methyl sites for hydroxylation is 2. The largest absolute Gasteiger partial charge is 0.480 e. The van der Waals surface area contributed by atoms with Gasteiger partial charge in [-0.2, -0.15) is 5.10 Å². The highest BCUT2D eigenvalue weighted by molar-refractivity contribution is 5.97. The number of hydrogen-bond acceptors (Lipinski definition) is 4. The second kappa shape index (κ2) is 5.51. The molecule has 0 aromatic carbocycles. The van der Waals surface area contributed by atoms with E-state index in [-0.39, 0.29) is 5.92 Å². The van der Waals surface area contributed by atoms with E-state index in [1.54, 1.807) is 25.3 Å². The highest BCUT2D eigenvalue weighted by Crippen LogP contribution is 2.12. The van der Waals surface area contributed by atoms with Crippen LogP contribution in [0.3, 0.4) is 0 Å². The Labute approximate surface area is 122 Å². The van der Waals surface area contributed by atoms with Crippen molar-refractivity contribution in [2.45, 2.75) is 33.7 Å². The summed E-state index contributed by atoms with van der Waals surface area (Å²) in [5, 5.41) is 15.9. The van der Waals surface area contributed by atoms with E-state index in [2.05, 4.69) is 15.4 Å². The summed E-state index contributed by atoms with van der Waals surface area (Å²) in [7, 11) is 0. The van der Waals surface area contributed by atoms with Crippen LogP contribution in [0, 0.1) is 19.8 Å². The molecule has 2 N–H and O–H groups in total. The van der Waals surface area contributed by atoms with Crippen LogP contribution in [-0.4, -0.2) is 37.6 Å². The van der Waals surface area contributed by atoms with Crippen molar-refractivity contribution in [3.8, 4) is 0 Å². The van der Waals surface area contributed by atoms with Gasteiger partial charge in [0.15, 0.2) is 5.65 Å². The summed E-state index contributed by atoms with van der Waals surface area (Å²) in [5.74, 6) is -1.73. The molecular weight excluding hydrogens is 272 g/mol. The molecule has 0 aliphatic carbocycles. The number of carboxylic acids is 1. The fraction of sp³-hybridized carbons (Fsp3) is 0.429. The molecule has 2 aromatic rings. The van der Waals surface area contributed by atoms with E-state index < -0.39 is 17.9 Å². The monoisotopic (exact) mass is 290 g/mol. The van der Waals surface area contributed by atoms with Crippen molar-refractivity contribution in [3.63, 3.8) is 0 Å². The molecule has 0 spiro atoms. The smallest absolute Gasteiger partial charge is 0.326 e. The number of aliphatic carboxylic acids is 1. The molecule has 2 aromatic heterocycles. The molecule has 0 aliphatic rings. The third-order valence-electron chi connectivity index (χ3n) is 3.31. The van der Waals surface area contributed by atoms with Crippen molar-refractivity contribution in [3.05, 3.63) is 29.2 Å². The van der Waals surface area contributed by atoms with Crippen molar-refractivity contribution in [1.82, 2.24) is 19.9 Å². The first-order valence-corrected chi connectivity index (χ1v) is 6.67. The minimum atomic E-state index is -1.06. The quantitative estimate of drug-likeness (QED) is 0.881. The van der Waals surface area contributed by atoms with E-state index >= 15 is 0 Å². The van der Waals surface area contributed by atoms with E-state index in [0.717, 1.165) is 5.69 Å². The molecule has 1 atom stereocenters. The maximum Gasteiger partial charge on any atom is 0.326 e. The molecule has 0 radical (unpaired) electrons. The summed E-state index contributed by atoms with van der Waals surface area (Å²) in [6, 6.07) is 0.870. The Morgan fingerprint density at radius 3 is 2.57 bits per heavy atom. The molecule has 1 amide bonds. The molecule has 0 saturated carbocycles. The van der Waals surface area contributed by atoms with Crippen LogP contribution in [0.4, 0.5) is 0 Å². The minimum absolute atomic E-state index is 0.213. The third kappa shape index (κ3) is 2.86. The summed E-state index contributed by atoms with van der Waals surface area (Å²) >= 11 is 0. The second-order valence-corrected chi connectivity index (χ2v) is 5.35. The average Bonchev–Trinajstić information content (AvgIpc) is 2.77. The lowest BCUT2D eigenvalue weighted by atomic mass is 10.0. The molecule has 0 bridgehead atoms. The van der Waals surface area contributed by atoms with Crippen LogP contribution in [0.2, 0.25) is 0 Å². The fourth-order valence-corrected chi connectivity index (χ4v) is 2.12. The molecule has 7 nitrogen and oxygen atoms in total. The van der Waals surface area contributed by atoms with Gasteiger partial charge in [-0.25, -0.2) is 14.3 Å². The zero-order chi connectivity index (χ0) is 15.7. The van der Waals surface area contributed by atoms with E-state index in [9.17, 15) is 9.59 Å². The zero-order valence-electron chi connectivity index (χ0n) is 12.4. The second-order valence-electron chi connectivity index (χ2n) is 5.35. The SMILES string of the molecule is Cc1cc2ncc(C(=O)N[C@@H](C(=O)O)C(C)C)c(C)n2n1. The molecular formula is C14H18N4O3. The number of nitrogens with one attached hydrogen (secondary N) is 1. The van der Waals surface area contributed by atoms with E-state index in [4.69, 9.17) is 5.11 Å². The van der Waals surface area contributed by atoms with Gasteiger partial charge in [0.05, 0.1) is 17.0 Å². The summed E-state index contributed by atoms with van der Waals surface area (Å²) < 4.78 is 1.58. The van der Waals surface area contributed by atoms with Gasteiger partial charge in [0.25, 0.3) is 5.91 Å².